The predicted octanol–water partition coefficient (Wildman–Crippen LogP) is 3.89. The van der Waals surface area contributed by atoms with E-state index in [0.29, 0.717) is 12.4 Å². The van der Waals surface area contributed by atoms with Crippen LogP contribution in [-0.2, 0) is 9.53 Å². The summed E-state index contributed by atoms with van der Waals surface area (Å²) >= 11 is 0. The van der Waals surface area contributed by atoms with Crippen molar-refractivity contribution in [3.05, 3.63) is 34.4 Å². The van der Waals surface area contributed by atoms with E-state index >= 15 is 0 Å². The monoisotopic (exact) mass is 303 g/mol. The zero-order valence-electron chi connectivity index (χ0n) is 12.8. The summed E-state index contributed by atoms with van der Waals surface area (Å²) in [5.74, 6) is -0.0405. The highest BCUT2D eigenvalue weighted by Gasteiger charge is 2.06. The van der Waals surface area contributed by atoms with E-state index in [0.717, 1.165) is 0 Å². The molecule has 21 heavy (non-hydrogen) atoms. The van der Waals surface area contributed by atoms with Crippen molar-refractivity contribution in [2.45, 2.75) is 34.1 Å². The molecule has 0 aliphatic carbocycles. The zero-order valence-corrected chi connectivity index (χ0v) is 12.8. The smallest absolute Gasteiger partial charge is 0.310 e. The van der Waals surface area contributed by atoms with Gasteiger partial charge in [0.1, 0.15) is 5.75 Å². The van der Waals surface area contributed by atoms with Crippen molar-refractivity contribution < 1.29 is 23.6 Å². The third-order valence-electron chi connectivity index (χ3n) is 1.85. The summed E-state index contributed by atoms with van der Waals surface area (Å²) in [6.45, 7) is 7.24. The van der Waals surface area contributed by atoms with Gasteiger partial charge in [-0.15, -0.1) is 0 Å². The largest absolute Gasteiger partial charge is 0.427 e. The van der Waals surface area contributed by atoms with Gasteiger partial charge in [0, 0.05) is 25.2 Å². The Morgan fingerprint density at radius 2 is 1.76 bits per heavy atom. The maximum Gasteiger partial charge on any atom is 0.310 e. The molecule has 0 spiro atoms. The lowest BCUT2D eigenvalue weighted by atomic mass is 10.3. The van der Waals surface area contributed by atoms with Crippen molar-refractivity contribution in [3.8, 4) is 5.75 Å². The standard InChI is InChI=1S/C9H9NO4.C3H7FO.C2H6/c1-2-9(11)14-8-5-3-7(4-6-8)10(12)13;1-2-5-3-4;1-2/h3-6H,2H2,1H3;2-3H2,1H3;1-2H3. The average Bonchev–Trinajstić information content (AvgIpc) is 2.51. The Morgan fingerprint density at radius 3 is 2.05 bits per heavy atom. The lowest BCUT2D eigenvalue weighted by molar-refractivity contribution is -0.384. The quantitative estimate of drug-likeness (QED) is 0.357. The second kappa shape index (κ2) is 14.4. The van der Waals surface area contributed by atoms with Crippen LogP contribution in [0.15, 0.2) is 24.3 Å². The number of hydrogen-bond acceptors (Lipinski definition) is 5. The molecule has 0 amide bonds. The number of nitro groups is 1. The van der Waals surface area contributed by atoms with Crippen LogP contribution in [-0.4, -0.2) is 24.4 Å². The number of halogens is 1. The molecule has 1 aromatic rings. The molecule has 0 fully saturated rings. The number of carbonyl (C=O) groups excluding carboxylic acids is 1. The van der Waals surface area contributed by atoms with Gasteiger partial charge in [-0.3, -0.25) is 14.9 Å². The minimum atomic E-state index is -0.656. The van der Waals surface area contributed by atoms with Crippen LogP contribution in [0.25, 0.3) is 0 Å². The molecule has 0 aliphatic rings. The molecule has 0 saturated heterocycles. The first-order valence-electron chi connectivity index (χ1n) is 6.63. The summed E-state index contributed by atoms with van der Waals surface area (Å²) in [5.41, 5.74) is -0.0266. The molecule has 6 nitrogen and oxygen atoms in total. The second-order valence-corrected chi connectivity index (χ2v) is 3.18. The number of hydrogen-bond donors (Lipinski definition) is 0. The van der Waals surface area contributed by atoms with E-state index in [2.05, 4.69) is 4.74 Å². The fourth-order valence-corrected chi connectivity index (χ4v) is 0.917. The Bertz CT molecular complexity index is 393. The van der Waals surface area contributed by atoms with Crippen LogP contribution in [0.3, 0.4) is 0 Å². The maximum absolute atomic E-state index is 10.8. The fraction of sp³-hybridized carbons (Fsp3) is 0.500. The molecule has 0 aromatic heterocycles. The highest BCUT2D eigenvalue weighted by atomic mass is 19.1. The molecule has 0 aliphatic heterocycles. The number of rotatable bonds is 5. The maximum atomic E-state index is 10.8. The number of non-ortho nitro benzene ring substituents is 1. The Morgan fingerprint density at radius 1 is 1.24 bits per heavy atom. The molecule has 7 heteroatoms. The number of ether oxygens (including phenoxy) is 2. The van der Waals surface area contributed by atoms with E-state index in [1.807, 2.05) is 13.8 Å². The molecule has 120 valence electrons. The van der Waals surface area contributed by atoms with Crippen LogP contribution in [0.4, 0.5) is 10.1 Å². The van der Waals surface area contributed by atoms with Crippen molar-refractivity contribution in [1.29, 1.82) is 0 Å². The minimum Gasteiger partial charge on any atom is -0.427 e. The average molecular weight is 303 g/mol. The van der Waals surface area contributed by atoms with Gasteiger partial charge in [0.05, 0.1) is 4.92 Å². The molecule has 0 bridgehead atoms. The molecule has 0 radical (unpaired) electrons. The van der Waals surface area contributed by atoms with Crippen LogP contribution < -0.4 is 4.74 Å². The number of esters is 1. The molecule has 0 atom stereocenters. The summed E-state index contributed by atoms with van der Waals surface area (Å²) in [4.78, 5) is 20.6. The van der Waals surface area contributed by atoms with Crippen LogP contribution in [0.2, 0.25) is 0 Å². The number of nitro benzene ring substituents is 1. The Hall–Kier alpha value is -2.02. The number of carbonyl (C=O) groups is 1. The summed E-state index contributed by atoms with van der Waals surface area (Å²) in [6, 6.07) is 5.37. The van der Waals surface area contributed by atoms with Gasteiger partial charge in [-0.05, 0) is 19.1 Å². The topological polar surface area (TPSA) is 78.7 Å². The second-order valence-electron chi connectivity index (χ2n) is 3.18. The number of benzene rings is 1. The first-order valence-corrected chi connectivity index (χ1v) is 6.63. The van der Waals surface area contributed by atoms with Crippen LogP contribution in [0.1, 0.15) is 34.1 Å². The molecule has 0 heterocycles. The highest BCUT2D eigenvalue weighted by Crippen LogP contribution is 2.17. The van der Waals surface area contributed by atoms with E-state index in [1.165, 1.54) is 24.3 Å². The van der Waals surface area contributed by atoms with Gasteiger partial charge >= 0.3 is 5.97 Å². The molecule has 1 aromatic carbocycles. The van der Waals surface area contributed by atoms with E-state index in [4.69, 9.17) is 4.74 Å². The summed E-state index contributed by atoms with van der Waals surface area (Å²) in [5, 5.41) is 10.3. The van der Waals surface area contributed by atoms with Gasteiger partial charge in [0.2, 0.25) is 0 Å². The zero-order chi connectivity index (χ0) is 16.7. The summed E-state index contributed by atoms with van der Waals surface area (Å²) in [6.07, 6.45) is 0.275. The van der Waals surface area contributed by atoms with Gasteiger partial charge in [0.25, 0.3) is 5.69 Å². The van der Waals surface area contributed by atoms with Crippen molar-refractivity contribution >= 4 is 11.7 Å². The normalized spacial score (nSPS) is 8.62. The van der Waals surface area contributed by atoms with Crippen LogP contribution in [0.5, 0.6) is 5.75 Å². The van der Waals surface area contributed by atoms with Gasteiger partial charge in [-0.2, -0.15) is 0 Å². The summed E-state index contributed by atoms with van der Waals surface area (Å²) < 4.78 is 19.8. The Balaban J connectivity index is 0. The lowest BCUT2D eigenvalue weighted by Gasteiger charge is -2.00. The van der Waals surface area contributed by atoms with Crippen molar-refractivity contribution in [1.82, 2.24) is 0 Å². The van der Waals surface area contributed by atoms with Crippen molar-refractivity contribution in [2.24, 2.45) is 0 Å². The number of nitrogens with zero attached hydrogens (tertiary/aromatic N) is 1. The molecule has 0 unspecified atom stereocenters. The SMILES string of the molecule is CC.CCC(=O)Oc1ccc([N+](=O)[O-])cc1.CCOCF. The first-order chi connectivity index (χ1) is 10.0. The lowest BCUT2D eigenvalue weighted by Crippen LogP contribution is -2.05. The molecule has 0 N–H and O–H groups in total. The van der Waals surface area contributed by atoms with E-state index in [-0.39, 0.29) is 18.1 Å². The highest BCUT2D eigenvalue weighted by molar-refractivity contribution is 5.71. The molecular weight excluding hydrogens is 281 g/mol. The molecule has 0 saturated carbocycles. The van der Waals surface area contributed by atoms with Crippen molar-refractivity contribution in [2.75, 3.05) is 13.5 Å². The number of alkyl halides is 1. The Kier molecular flexibility index (Phi) is 14.6. The minimum absolute atomic E-state index is 0.0266. The predicted molar refractivity (Wildman–Crippen MR) is 78.0 cm³/mol. The van der Waals surface area contributed by atoms with Crippen LogP contribution >= 0.6 is 0 Å². The van der Waals surface area contributed by atoms with Gasteiger partial charge in [0.15, 0.2) is 6.86 Å². The van der Waals surface area contributed by atoms with E-state index in [1.54, 1.807) is 13.8 Å². The molecular formula is C14H22FNO5. The van der Waals surface area contributed by atoms with E-state index < -0.39 is 11.8 Å². The third-order valence-corrected chi connectivity index (χ3v) is 1.85. The van der Waals surface area contributed by atoms with Gasteiger partial charge < -0.3 is 9.47 Å². The van der Waals surface area contributed by atoms with Gasteiger partial charge in [-0.25, -0.2) is 4.39 Å². The van der Waals surface area contributed by atoms with E-state index in [9.17, 15) is 19.3 Å². The van der Waals surface area contributed by atoms with Crippen molar-refractivity contribution in [3.63, 3.8) is 0 Å². The molecule has 1 rings (SSSR count). The van der Waals surface area contributed by atoms with Crippen LogP contribution in [0, 0.1) is 10.1 Å². The Labute approximate surface area is 124 Å². The fourth-order valence-electron chi connectivity index (χ4n) is 0.917. The summed E-state index contributed by atoms with van der Waals surface area (Å²) in [7, 11) is 0. The first kappa shape index (κ1) is 21.3. The third kappa shape index (κ3) is 11.5. The van der Waals surface area contributed by atoms with Gasteiger partial charge in [-0.1, -0.05) is 20.8 Å².